The molecule has 0 bridgehead atoms. The van der Waals surface area contributed by atoms with Crippen molar-refractivity contribution in [2.75, 3.05) is 7.05 Å². The van der Waals surface area contributed by atoms with Crippen LogP contribution in [-0.4, -0.2) is 28.2 Å². The molecule has 0 aliphatic heterocycles. The Labute approximate surface area is 180 Å². The van der Waals surface area contributed by atoms with Crippen molar-refractivity contribution in [2.45, 2.75) is 0 Å². The largest absolute Gasteiger partial charge is 0.296 e. The van der Waals surface area contributed by atoms with Gasteiger partial charge in [0.2, 0.25) is 0 Å². The summed E-state index contributed by atoms with van der Waals surface area (Å²) < 4.78 is 14.5. The molecule has 1 atom stereocenters. The van der Waals surface area contributed by atoms with E-state index in [-0.39, 0.29) is 0 Å². The van der Waals surface area contributed by atoms with Crippen LogP contribution in [0.1, 0.15) is 5.56 Å². The van der Waals surface area contributed by atoms with Crippen molar-refractivity contribution in [1.29, 1.82) is 0 Å². The summed E-state index contributed by atoms with van der Waals surface area (Å²) in [6, 6.07) is 12.1. The number of rotatable bonds is 4. The van der Waals surface area contributed by atoms with Gasteiger partial charge in [0.1, 0.15) is 5.82 Å². The lowest BCUT2D eigenvalue weighted by Crippen LogP contribution is -1.95. The SMILES string of the molecule is CN=CC(=CP)c1cncc(-c2cc(-c3cc(Cl)ccc3F)nc3ncccc23)c1. The molecule has 0 fully saturated rings. The summed E-state index contributed by atoms with van der Waals surface area (Å²) >= 11 is 6.10. The van der Waals surface area contributed by atoms with Crippen molar-refractivity contribution in [3.05, 3.63) is 83.3 Å². The maximum absolute atomic E-state index is 14.5. The second kappa shape index (κ2) is 8.78. The fourth-order valence-electron chi connectivity index (χ4n) is 3.23. The quantitative estimate of drug-likeness (QED) is 0.289. The van der Waals surface area contributed by atoms with E-state index in [0.29, 0.717) is 21.9 Å². The van der Waals surface area contributed by atoms with Gasteiger partial charge in [-0.3, -0.25) is 9.98 Å². The summed E-state index contributed by atoms with van der Waals surface area (Å²) in [5.41, 5.74) is 4.86. The van der Waals surface area contributed by atoms with E-state index < -0.39 is 5.82 Å². The molecule has 3 heterocycles. The fraction of sp³-hybridized carbons (Fsp3) is 0.0435. The summed E-state index contributed by atoms with van der Waals surface area (Å²) in [5.74, 6) is 1.50. The number of aromatic nitrogens is 3. The molecule has 3 aromatic heterocycles. The molecule has 7 heteroatoms. The van der Waals surface area contributed by atoms with Crippen LogP contribution in [0.5, 0.6) is 0 Å². The zero-order valence-electron chi connectivity index (χ0n) is 16.1. The van der Waals surface area contributed by atoms with Crippen LogP contribution in [0.15, 0.2) is 71.9 Å². The van der Waals surface area contributed by atoms with Crippen LogP contribution in [0.3, 0.4) is 0 Å². The minimum atomic E-state index is -0.396. The average molecular weight is 435 g/mol. The summed E-state index contributed by atoms with van der Waals surface area (Å²) in [4.78, 5) is 17.5. The molecule has 1 unspecified atom stereocenters. The number of halogens is 2. The third-order valence-corrected chi connectivity index (χ3v) is 5.21. The lowest BCUT2D eigenvalue weighted by molar-refractivity contribution is 0.631. The van der Waals surface area contributed by atoms with E-state index in [0.717, 1.165) is 27.6 Å². The summed E-state index contributed by atoms with van der Waals surface area (Å²) in [7, 11) is 4.31. The molecule has 0 aliphatic rings. The smallest absolute Gasteiger partial charge is 0.160 e. The van der Waals surface area contributed by atoms with Crippen molar-refractivity contribution < 1.29 is 4.39 Å². The van der Waals surface area contributed by atoms with E-state index in [1.807, 2.05) is 30.1 Å². The van der Waals surface area contributed by atoms with Gasteiger partial charge < -0.3 is 0 Å². The minimum absolute atomic E-state index is 0.323. The standard InChI is InChI=1S/C23H17ClFN4P/c1-26-10-16(13-30)14-7-15(12-27-11-14)19-9-22(20-8-17(24)4-5-21(20)25)29-23-18(19)3-2-6-28-23/h2-13H,30H2,1H3. The lowest BCUT2D eigenvalue weighted by Gasteiger charge is -2.11. The Balaban J connectivity index is 1.96. The van der Waals surface area contributed by atoms with Gasteiger partial charge >= 0.3 is 0 Å². The highest BCUT2D eigenvalue weighted by atomic mass is 35.5. The van der Waals surface area contributed by atoms with E-state index >= 15 is 0 Å². The van der Waals surface area contributed by atoms with Crippen LogP contribution >= 0.6 is 20.8 Å². The highest BCUT2D eigenvalue weighted by Gasteiger charge is 2.14. The summed E-state index contributed by atoms with van der Waals surface area (Å²) in [6.45, 7) is 0. The zero-order valence-corrected chi connectivity index (χ0v) is 18.0. The molecule has 0 radical (unpaired) electrons. The monoisotopic (exact) mass is 434 g/mol. The van der Waals surface area contributed by atoms with Gasteiger partial charge in [0.15, 0.2) is 5.65 Å². The third kappa shape index (κ3) is 4.00. The molecule has 4 rings (SSSR count). The van der Waals surface area contributed by atoms with Gasteiger partial charge in [-0.2, -0.15) is 0 Å². The summed E-state index contributed by atoms with van der Waals surface area (Å²) in [6.07, 6.45) is 6.98. The molecule has 30 heavy (non-hydrogen) atoms. The van der Waals surface area contributed by atoms with Gasteiger partial charge in [-0.1, -0.05) is 17.4 Å². The van der Waals surface area contributed by atoms with Crippen LogP contribution in [0.4, 0.5) is 4.39 Å². The molecule has 0 saturated heterocycles. The second-order valence-electron chi connectivity index (χ2n) is 6.53. The van der Waals surface area contributed by atoms with Crippen LogP contribution in [0.25, 0.3) is 39.0 Å². The number of hydrogen-bond acceptors (Lipinski definition) is 4. The number of fused-ring (bicyclic) bond motifs is 1. The lowest BCUT2D eigenvalue weighted by atomic mass is 9.98. The van der Waals surface area contributed by atoms with Crippen molar-refractivity contribution in [3.63, 3.8) is 0 Å². The van der Waals surface area contributed by atoms with E-state index in [9.17, 15) is 4.39 Å². The Hall–Kier alpha value is -3.01. The Morgan fingerprint density at radius 1 is 1.13 bits per heavy atom. The Morgan fingerprint density at radius 2 is 2.00 bits per heavy atom. The Bertz CT molecular complexity index is 1300. The van der Waals surface area contributed by atoms with Gasteiger partial charge in [-0.15, -0.1) is 9.24 Å². The zero-order chi connectivity index (χ0) is 21.1. The number of nitrogens with zero attached hydrogens (tertiary/aromatic N) is 4. The minimum Gasteiger partial charge on any atom is -0.296 e. The molecular formula is C23H17ClFN4P. The molecule has 0 aliphatic carbocycles. The molecular weight excluding hydrogens is 418 g/mol. The number of aliphatic imine (C=N–C) groups is 1. The molecule has 1 aromatic carbocycles. The van der Waals surface area contributed by atoms with Gasteiger partial charge in [0, 0.05) is 64.5 Å². The van der Waals surface area contributed by atoms with Crippen LogP contribution < -0.4 is 0 Å². The van der Waals surface area contributed by atoms with E-state index in [2.05, 4.69) is 29.2 Å². The molecule has 0 amide bonds. The third-order valence-electron chi connectivity index (χ3n) is 4.62. The van der Waals surface area contributed by atoms with Crippen molar-refractivity contribution in [3.8, 4) is 22.4 Å². The first-order valence-electron chi connectivity index (χ1n) is 9.11. The van der Waals surface area contributed by atoms with E-state index in [1.165, 1.54) is 12.1 Å². The molecule has 0 spiro atoms. The maximum atomic E-state index is 14.5. The number of allylic oxidation sites excluding steroid dienone is 1. The number of benzene rings is 1. The van der Waals surface area contributed by atoms with Crippen molar-refractivity contribution in [2.24, 2.45) is 4.99 Å². The first-order valence-corrected chi connectivity index (χ1v) is 10.2. The molecule has 4 nitrogen and oxygen atoms in total. The van der Waals surface area contributed by atoms with Gasteiger partial charge in [0.25, 0.3) is 0 Å². The summed E-state index contributed by atoms with van der Waals surface area (Å²) in [5, 5.41) is 1.29. The number of pyridine rings is 3. The topological polar surface area (TPSA) is 51.0 Å². The van der Waals surface area contributed by atoms with E-state index in [4.69, 9.17) is 11.6 Å². The van der Waals surface area contributed by atoms with E-state index in [1.54, 1.807) is 37.9 Å². The molecule has 0 N–H and O–H groups in total. The van der Waals surface area contributed by atoms with Gasteiger partial charge in [0.05, 0.1) is 5.69 Å². The molecule has 4 aromatic rings. The Morgan fingerprint density at radius 3 is 2.80 bits per heavy atom. The van der Waals surface area contributed by atoms with Gasteiger partial charge in [-0.05, 0) is 48.0 Å². The van der Waals surface area contributed by atoms with Crippen molar-refractivity contribution in [1.82, 2.24) is 15.0 Å². The van der Waals surface area contributed by atoms with Crippen LogP contribution in [-0.2, 0) is 0 Å². The van der Waals surface area contributed by atoms with Gasteiger partial charge in [-0.25, -0.2) is 14.4 Å². The first kappa shape index (κ1) is 20.3. The molecule has 148 valence electrons. The highest BCUT2D eigenvalue weighted by Crippen LogP contribution is 2.33. The predicted molar refractivity (Wildman–Crippen MR) is 125 cm³/mol. The second-order valence-corrected chi connectivity index (χ2v) is 7.30. The predicted octanol–water partition coefficient (Wildman–Crippen LogP) is 6.07. The van der Waals surface area contributed by atoms with Crippen LogP contribution in [0, 0.1) is 5.82 Å². The maximum Gasteiger partial charge on any atom is 0.160 e. The fourth-order valence-corrected chi connectivity index (χ4v) is 3.68. The first-order chi connectivity index (χ1) is 14.6. The van der Waals surface area contributed by atoms with Crippen LogP contribution in [0.2, 0.25) is 5.02 Å². The molecule has 0 saturated carbocycles. The normalized spacial score (nSPS) is 12.1. The number of hydrogen-bond donors (Lipinski definition) is 0. The van der Waals surface area contributed by atoms with Crippen molar-refractivity contribution >= 4 is 43.7 Å². The average Bonchev–Trinajstić information content (AvgIpc) is 2.78. The Kier molecular flexibility index (Phi) is 5.93. The highest BCUT2D eigenvalue weighted by molar-refractivity contribution is 7.21.